The molecule has 0 spiro atoms. The summed E-state index contributed by atoms with van der Waals surface area (Å²) in [6.07, 6.45) is 0.523. The molecule has 0 aliphatic heterocycles. The number of hydrogen-bond donors (Lipinski definition) is 1. The maximum Gasteiger partial charge on any atom is 0.257 e. The highest BCUT2D eigenvalue weighted by molar-refractivity contribution is 5.81. The van der Waals surface area contributed by atoms with Gasteiger partial charge in [-0.3, -0.25) is 9.59 Å². The second-order valence-corrected chi connectivity index (χ2v) is 7.83. The van der Waals surface area contributed by atoms with Gasteiger partial charge in [0.2, 0.25) is 5.91 Å². The average molecular weight is 437 g/mol. The predicted octanol–water partition coefficient (Wildman–Crippen LogP) is 3.26. The second-order valence-electron chi connectivity index (χ2n) is 7.83. The van der Waals surface area contributed by atoms with Crippen molar-refractivity contribution in [2.75, 3.05) is 26.2 Å². The molecule has 0 radical (unpaired) electrons. The van der Waals surface area contributed by atoms with Gasteiger partial charge in [0.25, 0.3) is 5.91 Å². The monoisotopic (exact) mass is 436 g/mol. The lowest BCUT2D eigenvalue weighted by Crippen LogP contribution is -2.34. The Morgan fingerprint density at radius 1 is 1.09 bits per heavy atom. The van der Waals surface area contributed by atoms with Crippen LogP contribution in [-0.2, 0) is 22.6 Å². The maximum atomic E-state index is 12.7. The molecule has 0 saturated carbocycles. The summed E-state index contributed by atoms with van der Waals surface area (Å²) in [6, 6.07) is 13.7. The van der Waals surface area contributed by atoms with Gasteiger partial charge in [-0.15, -0.1) is 0 Å². The molecule has 0 atom stereocenters. The van der Waals surface area contributed by atoms with E-state index in [-0.39, 0.29) is 25.0 Å². The Kier molecular flexibility index (Phi) is 7.87. The number of rotatable bonds is 10. The van der Waals surface area contributed by atoms with E-state index >= 15 is 0 Å². The number of amides is 2. The Bertz CT molecular complexity index is 1090. The van der Waals surface area contributed by atoms with Crippen molar-refractivity contribution in [3.05, 3.63) is 59.4 Å². The number of fused-ring (bicyclic) bond motifs is 1. The summed E-state index contributed by atoms with van der Waals surface area (Å²) in [7, 11) is 0. The quantitative estimate of drug-likeness (QED) is 0.529. The zero-order chi connectivity index (χ0) is 23.1. The van der Waals surface area contributed by atoms with E-state index in [1.807, 2.05) is 79.6 Å². The second kappa shape index (κ2) is 10.8. The van der Waals surface area contributed by atoms with Gasteiger partial charge in [0.05, 0.1) is 11.0 Å². The molecule has 0 bridgehead atoms. The highest BCUT2D eigenvalue weighted by atomic mass is 16.5. The number of carbonyl (C=O) groups is 2. The number of nitrogens with one attached hydrogen (secondary N) is 1. The summed E-state index contributed by atoms with van der Waals surface area (Å²) in [6.45, 7) is 9.86. The SMILES string of the molecule is CCN(CC)C(=O)Cn1c(CCNC(=O)COc2cc(C)ccc2C)nc2ccccc21. The molecular weight excluding hydrogens is 404 g/mol. The van der Waals surface area contributed by atoms with Crippen LogP contribution in [0.3, 0.4) is 0 Å². The summed E-state index contributed by atoms with van der Waals surface area (Å²) < 4.78 is 7.63. The lowest BCUT2D eigenvalue weighted by Gasteiger charge is -2.20. The number of hydrogen-bond acceptors (Lipinski definition) is 4. The Morgan fingerprint density at radius 2 is 1.84 bits per heavy atom. The first-order valence-electron chi connectivity index (χ1n) is 11.1. The molecule has 1 N–H and O–H groups in total. The van der Waals surface area contributed by atoms with Gasteiger partial charge in [-0.05, 0) is 57.0 Å². The molecule has 3 rings (SSSR count). The molecule has 0 aliphatic rings. The van der Waals surface area contributed by atoms with Crippen molar-refractivity contribution >= 4 is 22.8 Å². The van der Waals surface area contributed by atoms with Crippen LogP contribution in [0, 0.1) is 13.8 Å². The smallest absolute Gasteiger partial charge is 0.257 e. The van der Waals surface area contributed by atoms with Crippen molar-refractivity contribution < 1.29 is 14.3 Å². The van der Waals surface area contributed by atoms with Crippen molar-refractivity contribution in [3.8, 4) is 5.75 Å². The molecule has 3 aromatic rings. The standard InChI is InChI=1S/C25H32N4O3/c1-5-28(6-2)25(31)16-29-21-10-8-7-9-20(21)27-23(29)13-14-26-24(30)17-32-22-15-18(3)11-12-19(22)4/h7-12,15H,5-6,13-14,16-17H2,1-4H3,(H,26,30). The fraction of sp³-hybridized carbons (Fsp3) is 0.400. The van der Waals surface area contributed by atoms with E-state index in [4.69, 9.17) is 9.72 Å². The maximum absolute atomic E-state index is 12.7. The van der Waals surface area contributed by atoms with Crippen LogP contribution in [0.15, 0.2) is 42.5 Å². The van der Waals surface area contributed by atoms with E-state index in [0.717, 1.165) is 33.7 Å². The van der Waals surface area contributed by atoms with E-state index in [1.54, 1.807) is 0 Å². The van der Waals surface area contributed by atoms with Crippen LogP contribution in [0.25, 0.3) is 11.0 Å². The lowest BCUT2D eigenvalue weighted by molar-refractivity contribution is -0.131. The van der Waals surface area contributed by atoms with Crippen LogP contribution in [-0.4, -0.2) is 52.5 Å². The molecule has 0 saturated heterocycles. The Morgan fingerprint density at radius 3 is 2.59 bits per heavy atom. The fourth-order valence-corrected chi connectivity index (χ4v) is 3.68. The van der Waals surface area contributed by atoms with Crippen LogP contribution in [0.5, 0.6) is 5.75 Å². The van der Waals surface area contributed by atoms with Gasteiger partial charge >= 0.3 is 0 Å². The molecule has 7 nitrogen and oxygen atoms in total. The number of nitrogens with zero attached hydrogens (tertiary/aromatic N) is 3. The summed E-state index contributed by atoms with van der Waals surface area (Å²) in [4.78, 5) is 31.5. The average Bonchev–Trinajstić information content (AvgIpc) is 3.12. The van der Waals surface area contributed by atoms with Gasteiger partial charge in [-0.1, -0.05) is 24.3 Å². The number of para-hydroxylation sites is 2. The molecule has 0 fully saturated rings. The normalized spacial score (nSPS) is 10.9. The molecule has 7 heteroatoms. The molecular formula is C25H32N4O3. The third-order valence-electron chi connectivity index (χ3n) is 5.52. The van der Waals surface area contributed by atoms with Gasteiger partial charge in [0.15, 0.2) is 6.61 Å². The highest BCUT2D eigenvalue weighted by Gasteiger charge is 2.16. The van der Waals surface area contributed by atoms with Crippen molar-refractivity contribution in [2.24, 2.45) is 0 Å². The first-order valence-corrected chi connectivity index (χ1v) is 11.1. The van der Waals surface area contributed by atoms with Crippen LogP contribution in [0.4, 0.5) is 0 Å². The lowest BCUT2D eigenvalue weighted by atomic mass is 10.1. The molecule has 1 heterocycles. The molecule has 170 valence electrons. The summed E-state index contributed by atoms with van der Waals surface area (Å²) in [5.74, 6) is 1.37. The molecule has 2 aromatic carbocycles. The topological polar surface area (TPSA) is 76.5 Å². The molecule has 0 unspecified atom stereocenters. The number of aryl methyl sites for hydroxylation is 2. The fourth-order valence-electron chi connectivity index (χ4n) is 3.68. The van der Waals surface area contributed by atoms with Crippen molar-refractivity contribution in [1.29, 1.82) is 0 Å². The number of carbonyl (C=O) groups excluding carboxylic acids is 2. The van der Waals surface area contributed by atoms with E-state index in [9.17, 15) is 9.59 Å². The predicted molar refractivity (Wildman–Crippen MR) is 126 cm³/mol. The highest BCUT2D eigenvalue weighted by Crippen LogP contribution is 2.19. The van der Waals surface area contributed by atoms with E-state index < -0.39 is 0 Å². The van der Waals surface area contributed by atoms with Crippen LogP contribution < -0.4 is 10.1 Å². The van der Waals surface area contributed by atoms with Crippen LogP contribution in [0.2, 0.25) is 0 Å². The van der Waals surface area contributed by atoms with E-state index in [0.29, 0.717) is 26.1 Å². The van der Waals surface area contributed by atoms with Crippen molar-refractivity contribution in [1.82, 2.24) is 19.8 Å². The molecule has 32 heavy (non-hydrogen) atoms. The largest absolute Gasteiger partial charge is 0.483 e. The summed E-state index contributed by atoms with van der Waals surface area (Å²) >= 11 is 0. The van der Waals surface area contributed by atoms with Gasteiger partial charge in [-0.25, -0.2) is 4.98 Å². The van der Waals surface area contributed by atoms with E-state index in [2.05, 4.69) is 5.32 Å². The number of likely N-dealkylation sites (N-methyl/N-ethyl adjacent to an activating group) is 1. The third-order valence-corrected chi connectivity index (χ3v) is 5.52. The molecule has 0 aliphatic carbocycles. The Balaban J connectivity index is 1.62. The summed E-state index contributed by atoms with van der Waals surface area (Å²) in [5.41, 5.74) is 3.85. The number of ether oxygens (including phenoxy) is 1. The van der Waals surface area contributed by atoms with Gasteiger partial charge in [0.1, 0.15) is 18.1 Å². The number of imidazole rings is 1. The zero-order valence-corrected chi connectivity index (χ0v) is 19.4. The molecule has 1 aromatic heterocycles. The van der Waals surface area contributed by atoms with Crippen LogP contribution in [0.1, 0.15) is 30.8 Å². The van der Waals surface area contributed by atoms with Gasteiger partial charge in [-0.2, -0.15) is 0 Å². The number of benzene rings is 2. The van der Waals surface area contributed by atoms with E-state index in [1.165, 1.54) is 0 Å². The van der Waals surface area contributed by atoms with Crippen molar-refractivity contribution in [3.63, 3.8) is 0 Å². The van der Waals surface area contributed by atoms with Crippen molar-refractivity contribution in [2.45, 2.75) is 40.7 Å². The first kappa shape index (κ1) is 23.3. The Labute approximate surface area is 189 Å². The first-order chi connectivity index (χ1) is 15.4. The number of aromatic nitrogens is 2. The summed E-state index contributed by atoms with van der Waals surface area (Å²) in [5, 5.41) is 2.89. The minimum absolute atomic E-state index is 0.0405. The van der Waals surface area contributed by atoms with Gasteiger partial charge < -0.3 is 19.5 Å². The van der Waals surface area contributed by atoms with Gasteiger partial charge in [0, 0.05) is 26.1 Å². The Hall–Kier alpha value is -3.35. The minimum atomic E-state index is -0.187. The zero-order valence-electron chi connectivity index (χ0n) is 19.4. The van der Waals surface area contributed by atoms with Crippen LogP contribution >= 0.6 is 0 Å². The third kappa shape index (κ3) is 5.66. The molecule has 2 amide bonds. The minimum Gasteiger partial charge on any atom is -0.483 e.